The minimum absolute atomic E-state index is 0.0209. The Hall–Kier alpha value is -5.07. The summed E-state index contributed by atoms with van der Waals surface area (Å²) in [5.41, 5.74) is -0.393. The third kappa shape index (κ3) is 7.98. The highest BCUT2D eigenvalue weighted by atomic mass is 35.5. The summed E-state index contributed by atoms with van der Waals surface area (Å²) in [4.78, 5) is 62.4. The van der Waals surface area contributed by atoms with E-state index in [1.54, 1.807) is 6.92 Å². The Morgan fingerprint density at radius 1 is 1.14 bits per heavy atom. The molecular formula is C33H29ClF4N6O5. The molecule has 0 bridgehead atoms. The molecule has 1 aliphatic carbocycles. The number of nitriles is 1. The fourth-order valence-corrected chi connectivity index (χ4v) is 6.06. The van der Waals surface area contributed by atoms with Gasteiger partial charge in [-0.1, -0.05) is 29.8 Å². The highest BCUT2D eigenvalue weighted by molar-refractivity contribution is 6.31. The number of esters is 1. The monoisotopic (exact) mass is 700 g/mol. The predicted molar refractivity (Wildman–Crippen MR) is 167 cm³/mol. The third-order valence-electron chi connectivity index (χ3n) is 7.94. The fourth-order valence-electron chi connectivity index (χ4n) is 5.82. The van der Waals surface area contributed by atoms with Gasteiger partial charge in [-0.05, 0) is 37.3 Å². The lowest BCUT2D eigenvalue weighted by molar-refractivity contribution is -0.145. The van der Waals surface area contributed by atoms with Crippen LogP contribution < -0.4 is 15.1 Å². The van der Waals surface area contributed by atoms with Gasteiger partial charge in [0.05, 0.1) is 37.0 Å². The second kappa shape index (κ2) is 14.6. The number of nitrogens with one attached hydrogen (secondary N) is 1. The summed E-state index contributed by atoms with van der Waals surface area (Å²) in [7, 11) is 0. The number of piperazine rings is 1. The molecule has 2 aliphatic rings. The van der Waals surface area contributed by atoms with Gasteiger partial charge >= 0.3 is 5.97 Å². The number of benzene rings is 2. The van der Waals surface area contributed by atoms with E-state index in [-0.39, 0.29) is 41.7 Å². The van der Waals surface area contributed by atoms with Crippen LogP contribution in [0.25, 0.3) is 0 Å². The van der Waals surface area contributed by atoms with E-state index >= 15 is 0 Å². The van der Waals surface area contributed by atoms with Crippen LogP contribution in [0.15, 0.2) is 60.8 Å². The van der Waals surface area contributed by atoms with Crippen LogP contribution in [0.2, 0.25) is 5.02 Å². The number of anilines is 2. The highest BCUT2D eigenvalue weighted by Crippen LogP contribution is 2.39. The Morgan fingerprint density at radius 3 is 2.47 bits per heavy atom. The summed E-state index contributed by atoms with van der Waals surface area (Å²) in [6.45, 7) is 0.464. The molecule has 2 aromatic carbocycles. The van der Waals surface area contributed by atoms with Gasteiger partial charge in [-0.3, -0.25) is 33.9 Å². The minimum atomic E-state index is -3.02. The number of aromatic nitrogens is 1. The van der Waals surface area contributed by atoms with E-state index in [1.165, 1.54) is 47.5 Å². The zero-order chi connectivity index (χ0) is 35.5. The summed E-state index contributed by atoms with van der Waals surface area (Å²) >= 11 is 6.52. The molecule has 0 radical (unpaired) electrons. The van der Waals surface area contributed by atoms with E-state index in [1.807, 2.05) is 6.07 Å². The first-order valence-corrected chi connectivity index (χ1v) is 15.5. The van der Waals surface area contributed by atoms with Crippen LogP contribution in [0.1, 0.15) is 36.9 Å². The second-order valence-corrected chi connectivity index (χ2v) is 11.9. The average molecular weight is 701 g/mol. The first kappa shape index (κ1) is 35.2. The number of carbonyl (C=O) groups is 4. The number of carbonyl (C=O) groups excluding carboxylic acids is 4. The van der Waals surface area contributed by atoms with Gasteiger partial charge in [-0.25, -0.2) is 22.5 Å². The lowest BCUT2D eigenvalue weighted by Gasteiger charge is -2.43. The van der Waals surface area contributed by atoms with Crippen molar-refractivity contribution in [1.82, 2.24) is 15.2 Å². The van der Waals surface area contributed by atoms with Crippen LogP contribution in [0.5, 0.6) is 0 Å². The quantitative estimate of drug-likeness (QED) is 0.246. The molecule has 5 rings (SSSR count). The molecule has 1 saturated heterocycles. The van der Waals surface area contributed by atoms with Crippen LogP contribution >= 0.6 is 11.6 Å². The standard InChI is InChI=1S/C33H29ClF4N6O5/c1-2-49-29(46)18-42-16-26(44(28(45)17-42)27-9-19(15-39)7-8-40-27)32(48)43(23-11-20(35)10-21(36)12-23)30(24-5-3-4-6-25(24)34)31(47)41-22-13-33(37,38)14-22/h3-12,22,26,30H,2,13-14,16-18H2,1H3,(H,41,47). The molecule has 0 spiro atoms. The Morgan fingerprint density at radius 2 is 1.84 bits per heavy atom. The highest BCUT2D eigenvalue weighted by Gasteiger charge is 2.49. The summed E-state index contributed by atoms with van der Waals surface area (Å²) in [5.74, 6) is -8.88. The van der Waals surface area contributed by atoms with Crippen LogP contribution in [0, 0.1) is 23.0 Å². The molecule has 256 valence electrons. The first-order valence-electron chi connectivity index (χ1n) is 15.1. The van der Waals surface area contributed by atoms with Crippen molar-refractivity contribution in [2.75, 3.05) is 36.0 Å². The van der Waals surface area contributed by atoms with E-state index in [0.717, 1.165) is 21.9 Å². The topological polar surface area (TPSA) is 136 Å². The Labute approximate surface area is 283 Å². The molecule has 1 aromatic heterocycles. The van der Waals surface area contributed by atoms with E-state index in [9.17, 15) is 42.0 Å². The molecule has 2 atom stereocenters. The Bertz CT molecular complexity index is 1800. The van der Waals surface area contributed by atoms with E-state index < -0.39 is 84.4 Å². The molecule has 2 unspecified atom stereocenters. The predicted octanol–water partition coefficient (Wildman–Crippen LogP) is 4.15. The molecule has 3 aromatic rings. The lowest BCUT2D eigenvalue weighted by Crippen LogP contribution is -2.64. The minimum Gasteiger partial charge on any atom is -0.465 e. The van der Waals surface area contributed by atoms with E-state index in [0.29, 0.717) is 6.07 Å². The normalized spacial score (nSPS) is 18.2. The maximum absolute atomic E-state index is 15.0. The van der Waals surface area contributed by atoms with Crippen molar-refractivity contribution in [3.8, 4) is 6.07 Å². The van der Waals surface area contributed by atoms with Crippen LogP contribution in [0.4, 0.5) is 29.1 Å². The maximum Gasteiger partial charge on any atom is 0.320 e. The summed E-state index contributed by atoms with van der Waals surface area (Å²) in [6.07, 6.45) is -0.113. The zero-order valence-electron chi connectivity index (χ0n) is 25.9. The maximum atomic E-state index is 15.0. The average Bonchev–Trinajstić information content (AvgIpc) is 3.02. The molecule has 1 saturated carbocycles. The van der Waals surface area contributed by atoms with Gasteiger partial charge in [0.1, 0.15) is 29.5 Å². The van der Waals surface area contributed by atoms with Crippen LogP contribution in [-0.4, -0.2) is 77.8 Å². The van der Waals surface area contributed by atoms with Gasteiger partial charge in [-0.15, -0.1) is 0 Å². The van der Waals surface area contributed by atoms with E-state index in [2.05, 4.69) is 10.3 Å². The zero-order valence-corrected chi connectivity index (χ0v) is 26.7. The molecule has 1 aliphatic heterocycles. The summed E-state index contributed by atoms with van der Waals surface area (Å²) < 4.78 is 62.2. The van der Waals surface area contributed by atoms with Gasteiger partial charge in [0.2, 0.25) is 11.8 Å². The molecule has 49 heavy (non-hydrogen) atoms. The molecule has 2 fully saturated rings. The molecule has 16 heteroatoms. The number of nitrogens with zero attached hydrogens (tertiary/aromatic N) is 5. The summed E-state index contributed by atoms with van der Waals surface area (Å²) in [5, 5.41) is 12.0. The lowest BCUT2D eigenvalue weighted by atomic mass is 9.87. The largest absolute Gasteiger partial charge is 0.465 e. The van der Waals surface area contributed by atoms with Gasteiger partial charge in [0.15, 0.2) is 0 Å². The number of hydrogen-bond acceptors (Lipinski definition) is 8. The number of amides is 3. The molecule has 1 N–H and O–H groups in total. The van der Waals surface area contributed by atoms with Gasteiger partial charge in [-0.2, -0.15) is 5.26 Å². The first-order chi connectivity index (χ1) is 23.3. The van der Waals surface area contributed by atoms with Gasteiger partial charge in [0, 0.05) is 48.3 Å². The number of hydrogen-bond donors (Lipinski definition) is 1. The smallest absolute Gasteiger partial charge is 0.320 e. The SMILES string of the molecule is CCOC(=O)CN1CC(=O)N(c2cc(C#N)ccn2)C(C(=O)N(c2cc(F)cc(F)c2)C(C(=O)NC2CC(F)(F)C2)c2ccccc2Cl)C1. The molecule has 3 amide bonds. The molecule has 2 heterocycles. The Balaban J connectivity index is 1.67. The molecular weight excluding hydrogens is 672 g/mol. The van der Waals surface area contributed by atoms with Crippen molar-refractivity contribution < 1.29 is 41.5 Å². The third-order valence-corrected chi connectivity index (χ3v) is 8.28. The molecule has 11 nitrogen and oxygen atoms in total. The number of pyridine rings is 1. The number of rotatable bonds is 10. The van der Waals surface area contributed by atoms with Crippen molar-refractivity contribution >= 4 is 46.8 Å². The van der Waals surface area contributed by atoms with Crippen molar-refractivity contribution in [2.24, 2.45) is 0 Å². The number of alkyl halides is 2. The fraction of sp³-hybridized carbons (Fsp3) is 0.333. The van der Waals surface area contributed by atoms with E-state index in [4.69, 9.17) is 16.3 Å². The van der Waals surface area contributed by atoms with Crippen molar-refractivity contribution in [3.63, 3.8) is 0 Å². The second-order valence-electron chi connectivity index (χ2n) is 11.5. The van der Waals surface area contributed by atoms with Crippen molar-refractivity contribution in [1.29, 1.82) is 5.26 Å². The Kier molecular flexibility index (Phi) is 10.5. The van der Waals surface area contributed by atoms with Gasteiger partial charge in [0.25, 0.3) is 11.8 Å². The summed E-state index contributed by atoms with van der Waals surface area (Å²) in [6, 6.07) is 8.06. The van der Waals surface area contributed by atoms with Crippen LogP contribution in [0.3, 0.4) is 0 Å². The van der Waals surface area contributed by atoms with Crippen LogP contribution in [-0.2, 0) is 23.9 Å². The van der Waals surface area contributed by atoms with Crippen molar-refractivity contribution in [2.45, 2.75) is 43.8 Å². The number of ether oxygens (including phenoxy) is 1. The van der Waals surface area contributed by atoms with Crippen molar-refractivity contribution in [3.05, 3.63) is 88.6 Å². The number of halogens is 5. The van der Waals surface area contributed by atoms with Gasteiger partial charge < -0.3 is 10.1 Å².